The molecule has 0 aliphatic heterocycles. The third-order valence-corrected chi connectivity index (χ3v) is 3.73. The fourth-order valence-corrected chi connectivity index (χ4v) is 2.71. The van der Waals surface area contributed by atoms with Crippen LogP contribution in [0.1, 0.15) is 11.1 Å². The van der Waals surface area contributed by atoms with Gasteiger partial charge in [0.2, 0.25) is 0 Å². The molecule has 3 rings (SSSR count). The molecule has 0 bridgehead atoms. The highest BCUT2D eigenvalue weighted by Gasteiger charge is 2.13. The number of benzene rings is 2. The topological polar surface area (TPSA) is 0 Å². The van der Waals surface area contributed by atoms with E-state index in [0.29, 0.717) is 0 Å². The first-order valence-corrected chi connectivity index (χ1v) is 6.19. The van der Waals surface area contributed by atoms with Crippen LogP contribution in [0.2, 0.25) is 0 Å². The van der Waals surface area contributed by atoms with E-state index in [4.69, 9.17) is 0 Å². The van der Waals surface area contributed by atoms with Crippen molar-refractivity contribution in [2.45, 2.75) is 6.42 Å². The van der Waals surface area contributed by atoms with Gasteiger partial charge in [-0.05, 0) is 34.7 Å². The maximum atomic E-state index is 3.61. The van der Waals surface area contributed by atoms with Crippen molar-refractivity contribution in [3.63, 3.8) is 0 Å². The Morgan fingerprint density at radius 2 is 1.75 bits per heavy atom. The lowest BCUT2D eigenvalue weighted by Crippen LogP contribution is -1.88. The molecule has 78 valence electrons. The van der Waals surface area contributed by atoms with Crippen molar-refractivity contribution in [2.75, 3.05) is 0 Å². The van der Waals surface area contributed by atoms with Crippen LogP contribution in [0, 0.1) is 0 Å². The Morgan fingerprint density at radius 1 is 0.938 bits per heavy atom. The molecule has 0 heterocycles. The third kappa shape index (κ3) is 1.52. The first-order chi connectivity index (χ1) is 7.86. The zero-order chi connectivity index (χ0) is 11.0. The molecule has 0 aromatic heterocycles. The van der Waals surface area contributed by atoms with Gasteiger partial charge in [0.15, 0.2) is 0 Å². The molecule has 0 amide bonds. The molecule has 16 heavy (non-hydrogen) atoms. The van der Waals surface area contributed by atoms with Gasteiger partial charge in [-0.3, -0.25) is 0 Å². The minimum atomic E-state index is 1.04. The van der Waals surface area contributed by atoms with Crippen LogP contribution in [0.4, 0.5) is 0 Å². The second-order valence-corrected chi connectivity index (χ2v) is 4.81. The Balaban J connectivity index is 2.23. The number of hydrogen-bond acceptors (Lipinski definition) is 0. The highest BCUT2D eigenvalue weighted by Crippen LogP contribution is 2.35. The minimum Gasteiger partial charge on any atom is -0.0794 e. The van der Waals surface area contributed by atoms with Crippen LogP contribution in [0.3, 0.4) is 0 Å². The number of fused-ring (bicyclic) bond motifs is 1. The third-order valence-electron chi connectivity index (χ3n) is 2.99. The number of rotatable bonds is 1. The predicted molar refractivity (Wildman–Crippen MR) is 72.3 cm³/mol. The number of halogens is 1. The molecule has 0 nitrogen and oxygen atoms in total. The second kappa shape index (κ2) is 3.91. The van der Waals surface area contributed by atoms with E-state index < -0.39 is 0 Å². The standard InChI is InChI=1S/C15H11Br/c16-15-10-9-12(11-5-2-1-3-6-11)13-7-4-8-14(13)15/h1-7,9-10H,8H2. The van der Waals surface area contributed by atoms with Crippen LogP contribution >= 0.6 is 15.9 Å². The highest BCUT2D eigenvalue weighted by molar-refractivity contribution is 9.10. The lowest BCUT2D eigenvalue weighted by atomic mass is 9.97. The summed E-state index contributed by atoms with van der Waals surface area (Å²) < 4.78 is 1.21. The average Bonchev–Trinajstić information content (AvgIpc) is 2.81. The quantitative estimate of drug-likeness (QED) is 0.706. The largest absolute Gasteiger partial charge is 0.0794 e. The fraction of sp³-hybridized carbons (Fsp3) is 0.0667. The second-order valence-electron chi connectivity index (χ2n) is 3.96. The van der Waals surface area contributed by atoms with Crippen molar-refractivity contribution in [1.29, 1.82) is 0 Å². The van der Waals surface area contributed by atoms with Gasteiger partial charge < -0.3 is 0 Å². The van der Waals surface area contributed by atoms with E-state index in [0.717, 1.165) is 6.42 Å². The molecule has 0 spiro atoms. The summed E-state index contributed by atoms with van der Waals surface area (Å²) in [5.41, 5.74) is 5.38. The smallest absolute Gasteiger partial charge is 0.0216 e. The highest BCUT2D eigenvalue weighted by atomic mass is 79.9. The Kier molecular flexibility index (Phi) is 2.41. The van der Waals surface area contributed by atoms with Crippen LogP contribution in [0.15, 0.2) is 53.0 Å². The minimum absolute atomic E-state index is 1.04. The maximum absolute atomic E-state index is 3.61. The molecule has 1 aliphatic carbocycles. The van der Waals surface area contributed by atoms with E-state index in [2.05, 4.69) is 70.5 Å². The first kappa shape index (κ1) is 9.86. The summed E-state index contributed by atoms with van der Waals surface area (Å²) in [6.45, 7) is 0. The molecule has 0 fully saturated rings. The van der Waals surface area contributed by atoms with E-state index in [1.54, 1.807) is 0 Å². The zero-order valence-corrected chi connectivity index (χ0v) is 10.4. The van der Waals surface area contributed by atoms with Crippen molar-refractivity contribution in [3.8, 4) is 11.1 Å². The van der Waals surface area contributed by atoms with Gasteiger partial charge in [0, 0.05) is 4.47 Å². The van der Waals surface area contributed by atoms with Crippen molar-refractivity contribution < 1.29 is 0 Å². The maximum Gasteiger partial charge on any atom is 0.0216 e. The predicted octanol–water partition coefficient (Wildman–Crippen LogP) is 4.69. The van der Waals surface area contributed by atoms with Gasteiger partial charge in [-0.2, -0.15) is 0 Å². The van der Waals surface area contributed by atoms with E-state index in [-0.39, 0.29) is 0 Å². The van der Waals surface area contributed by atoms with Crippen LogP contribution < -0.4 is 0 Å². The molecule has 0 radical (unpaired) electrons. The van der Waals surface area contributed by atoms with Gasteiger partial charge in [0.1, 0.15) is 0 Å². The van der Waals surface area contributed by atoms with Gasteiger partial charge in [0.05, 0.1) is 0 Å². The Labute approximate surface area is 104 Å². The molecular formula is C15H11Br. The first-order valence-electron chi connectivity index (χ1n) is 5.39. The van der Waals surface area contributed by atoms with Crippen molar-refractivity contribution in [2.24, 2.45) is 0 Å². The molecule has 0 atom stereocenters. The number of allylic oxidation sites excluding steroid dienone is 1. The summed E-state index contributed by atoms with van der Waals surface area (Å²) >= 11 is 3.61. The lowest BCUT2D eigenvalue weighted by Gasteiger charge is -2.09. The summed E-state index contributed by atoms with van der Waals surface area (Å²) in [5, 5.41) is 0. The number of hydrogen-bond donors (Lipinski definition) is 0. The van der Waals surface area contributed by atoms with Gasteiger partial charge >= 0.3 is 0 Å². The van der Waals surface area contributed by atoms with Gasteiger partial charge in [-0.25, -0.2) is 0 Å². The molecule has 1 heteroatoms. The summed E-state index contributed by atoms with van der Waals surface area (Å²) in [6.07, 6.45) is 5.49. The van der Waals surface area contributed by atoms with Gasteiger partial charge in [0.25, 0.3) is 0 Å². The summed E-state index contributed by atoms with van der Waals surface area (Å²) in [5.74, 6) is 0. The van der Waals surface area contributed by atoms with E-state index in [1.807, 2.05) is 0 Å². The van der Waals surface area contributed by atoms with Crippen LogP contribution in [0.25, 0.3) is 17.2 Å². The van der Waals surface area contributed by atoms with E-state index >= 15 is 0 Å². The lowest BCUT2D eigenvalue weighted by molar-refractivity contribution is 1.29. The summed E-state index contributed by atoms with van der Waals surface area (Å²) in [6, 6.07) is 14.9. The van der Waals surface area contributed by atoms with Crippen LogP contribution in [-0.2, 0) is 6.42 Å². The van der Waals surface area contributed by atoms with Gasteiger partial charge in [-0.15, -0.1) is 0 Å². The molecule has 0 saturated carbocycles. The van der Waals surface area contributed by atoms with E-state index in [1.165, 1.54) is 26.7 Å². The van der Waals surface area contributed by atoms with Crippen molar-refractivity contribution in [1.82, 2.24) is 0 Å². The van der Waals surface area contributed by atoms with Crippen LogP contribution in [0.5, 0.6) is 0 Å². The molecule has 2 aromatic carbocycles. The molecule has 2 aromatic rings. The average molecular weight is 271 g/mol. The fourth-order valence-electron chi connectivity index (χ4n) is 2.20. The molecule has 1 aliphatic rings. The Bertz CT molecular complexity index is 553. The molecular weight excluding hydrogens is 260 g/mol. The van der Waals surface area contributed by atoms with Crippen molar-refractivity contribution >= 4 is 22.0 Å². The van der Waals surface area contributed by atoms with Gasteiger partial charge in [-0.1, -0.05) is 64.5 Å². The SMILES string of the molecule is Brc1ccc(-c2ccccc2)c2c1CC=C2. The van der Waals surface area contributed by atoms with Crippen molar-refractivity contribution in [3.05, 3.63) is 64.1 Å². The molecule has 0 unspecified atom stereocenters. The normalized spacial score (nSPS) is 12.8. The zero-order valence-electron chi connectivity index (χ0n) is 8.78. The molecule has 0 saturated heterocycles. The summed E-state index contributed by atoms with van der Waals surface area (Å²) in [4.78, 5) is 0. The monoisotopic (exact) mass is 270 g/mol. The Hall–Kier alpha value is -1.34. The molecule has 0 N–H and O–H groups in total. The van der Waals surface area contributed by atoms with Crippen LogP contribution in [-0.4, -0.2) is 0 Å². The summed E-state index contributed by atoms with van der Waals surface area (Å²) in [7, 11) is 0. The van der Waals surface area contributed by atoms with E-state index in [9.17, 15) is 0 Å². The Morgan fingerprint density at radius 3 is 2.56 bits per heavy atom.